The molecule has 0 amide bonds. The topological polar surface area (TPSA) is 58.9 Å². The van der Waals surface area contributed by atoms with Crippen LogP contribution in [-0.2, 0) is 16.0 Å². The van der Waals surface area contributed by atoms with Crippen molar-refractivity contribution in [1.29, 1.82) is 0 Å². The number of fused-ring (bicyclic) bond motifs is 1. The van der Waals surface area contributed by atoms with Crippen molar-refractivity contribution in [3.63, 3.8) is 0 Å². The summed E-state index contributed by atoms with van der Waals surface area (Å²) in [6, 6.07) is 10.1. The van der Waals surface area contributed by atoms with E-state index in [1.807, 2.05) is 30.3 Å². The van der Waals surface area contributed by atoms with E-state index in [-0.39, 0.29) is 18.1 Å². The Morgan fingerprint density at radius 3 is 2.84 bits per heavy atom. The number of aliphatic imine (C=N–C) groups is 1. The molecule has 1 heterocycles. The molecule has 1 fully saturated rings. The molecule has 4 heteroatoms. The van der Waals surface area contributed by atoms with Crippen molar-refractivity contribution in [2.75, 3.05) is 0 Å². The van der Waals surface area contributed by atoms with Crippen LogP contribution >= 0.6 is 0 Å². The molecule has 3 rings (SSSR count). The maximum absolute atomic E-state index is 11.0. The van der Waals surface area contributed by atoms with Gasteiger partial charge in [-0.15, -0.1) is 0 Å². The molecule has 0 radical (unpaired) electrons. The van der Waals surface area contributed by atoms with Crippen LogP contribution in [-0.4, -0.2) is 29.1 Å². The van der Waals surface area contributed by atoms with E-state index in [0.29, 0.717) is 19.3 Å². The first-order valence-corrected chi connectivity index (χ1v) is 6.72. The third-order valence-corrected chi connectivity index (χ3v) is 3.90. The molecule has 0 aromatic heterocycles. The van der Waals surface area contributed by atoms with Crippen molar-refractivity contribution in [2.45, 2.75) is 37.8 Å². The van der Waals surface area contributed by atoms with Crippen molar-refractivity contribution >= 4 is 11.9 Å². The van der Waals surface area contributed by atoms with Gasteiger partial charge in [-0.05, 0) is 24.8 Å². The molecule has 1 aliphatic carbocycles. The third kappa shape index (κ3) is 2.62. The van der Waals surface area contributed by atoms with Gasteiger partial charge in [-0.1, -0.05) is 30.3 Å². The Balaban J connectivity index is 1.67. The molecule has 1 saturated carbocycles. The van der Waals surface area contributed by atoms with Gasteiger partial charge in [-0.3, -0.25) is 4.79 Å². The highest BCUT2D eigenvalue weighted by atomic mass is 16.5. The first kappa shape index (κ1) is 12.2. The maximum atomic E-state index is 11.0. The maximum Gasteiger partial charge on any atom is 0.306 e. The molecule has 1 aromatic rings. The second kappa shape index (κ2) is 5.03. The average Bonchev–Trinajstić information content (AvgIpc) is 2.80. The van der Waals surface area contributed by atoms with E-state index in [9.17, 15) is 4.79 Å². The van der Waals surface area contributed by atoms with Crippen molar-refractivity contribution in [3.05, 3.63) is 35.9 Å². The highest BCUT2D eigenvalue weighted by molar-refractivity contribution is 5.81. The second-order valence-electron chi connectivity index (χ2n) is 5.26. The Morgan fingerprint density at radius 1 is 1.32 bits per heavy atom. The van der Waals surface area contributed by atoms with Crippen LogP contribution < -0.4 is 0 Å². The number of hydrogen-bond acceptors (Lipinski definition) is 3. The highest BCUT2D eigenvalue weighted by Crippen LogP contribution is 2.33. The molecule has 4 nitrogen and oxygen atoms in total. The van der Waals surface area contributed by atoms with Crippen LogP contribution in [0.3, 0.4) is 0 Å². The molecule has 19 heavy (non-hydrogen) atoms. The normalized spacial score (nSPS) is 29.3. The van der Waals surface area contributed by atoms with Crippen molar-refractivity contribution in [1.82, 2.24) is 0 Å². The zero-order valence-electron chi connectivity index (χ0n) is 10.7. The SMILES string of the molecule is O=C(O)C1CCC2OC(Cc3ccccc3)=NC2C1. The van der Waals surface area contributed by atoms with Crippen molar-refractivity contribution in [3.8, 4) is 0 Å². The summed E-state index contributed by atoms with van der Waals surface area (Å²) in [6.07, 6.45) is 2.90. The predicted octanol–water partition coefficient (Wildman–Crippen LogP) is 2.28. The Kier molecular flexibility index (Phi) is 3.23. The van der Waals surface area contributed by atoms with E-state index in [0.717, 1.165) is 12.3 Å². The molecule has 0 spiro atoms. The minimum Gasteiger partial charge on any atom is -0.481 e. The molecular weight excluding hydrogens is 242 g/mol. The van der Waals surface area contributed by atoms with Gasteiger partial charge in [0.25, 0.3) is 0 Å². The van der Waals surface area contributed by atoms with Crippen LogP contribution in [0, 0.1) is 5.92 Å². The van der Waals surface area contributed by atoms with Crippen LogP contribution in [0.5, 0.6) is 0 Å². The first-order valence-electron chi connectivity index (χ1n) is 6.72. The summed E-state index contributed by atoms with van der Waals surface area (Å²) >= 11 is 0. The fraction of sp³-hybridized carbons (Fsp3) is 0.467. The van der Waals surface area contributed by atoms with Crippen molar-refractivity contribution < 1.29 is 14.6 Å². The predicted molar refractivity (Wildman–Crippen MR) is 71.2 cm³/mol. The fourth-order valence-corrected chi connectivity index (χ4v) is 2.86. The minimum absolute atomic E-state index is 0.0357. The van der Waals surface area contributed by atoms with Gasteiger partial charge < -0.3 is 9.84 Å². The monoisotopic (exact) mass is 259 g/mol. The van der Waals surface area contributed by atoms with Gasteiger partial charge in [0.2, 0.25) is 0 Å². The summed E-state index contributed by atoms with van der Waals surface area (Å²) in [5, 5.41) is 9.07. The van der Waals surface area contributed by atoms with Crippen molar-refractivity contribution in [2.24, 2.45) is 10.9 Å². The average molecular weight is 259 g/mol. The molecule has 1 N–H and O–H groups in total. The Labute approximate surface area is 112 Å². The van der Waals surface area contributed by atoms with Gasteiger partial charge in [0.05, 0.1) is 12.0 Å². The molecule has 0 bridgehead atoms. The fourth-order valence-electron chi connectivity index (χ4n) is 2.86. The van der Waals surface area contributed by atoms with E-state index >= 15 is 0 Å². The van der Waals surface area contributed by atoms with Gasteiger partial charge in [0.1, 0.15) is 6.10 Å². The van der Waals surface area contributed by atoms with E-state index in [4.69, 9.17) is 9.84 Å². The number of carbonyl (C=O) groups is 1. The first-order chi connectivity index (χ1) is 9.22. The molecule has 100 valence electrons. The van der Waals surface area contributed by atoms with Crippen LogP contribution in [0.1, 0.15) is 24.8 Å². The number of carboxylic acid groups (broad SMARTS) is 1. The number of aliphatic carboxylic acids is 1. The van der Waals surface area contributed by atoms with Crippen LogP contribution in [0.15, 0.2) is 35.3 Å². The largest absolute Gasteiger partial charge is 0.481 e. The Morgan fingerprint density at radius 2 is 2.11 bits per heavy atom. The lowest BCUT2D eigenvalue weighted by Crippen LogP contribution is -2.33. The van der Waals surface area contributed by atoms with Crippen LogP contribution in [0.25, 0.3) is 0 Å². The number of nitrogens with zero attached hydrogens (tertiary/aromatic N) is 1. The van der Waals surface area contributed by atoms with Gasteiger partial charge in [-0.2, -0.15) is 0 Å². The van der Waals surface area contributed by atoms with E-state index < -0.39 is 5.97 Å². The molecule has 2 aliphatic rings. The van der Waals surface area contributed by atoms with Gasteiger partial charge in [0.15, 0.2) is 5.90 Å². The lowest BCUT2D eigenvalue weighted by atomic mass is 9.84. The number of ether oxygens (including phenoxy) is 1. The number of hydrogen-bond donors (Lipinski definition) is 1. The Hall–Kier alpha value is -1.84. The molecule has 1 aliphatic heterocycles. The molecule has 1 aromatic carbocycles. The second-order valence-corrected chi connectivity index (χ2v) is 5.26. The summed E-state index contributed by atoms with van der Waals surface area (Å²) in [7, 11) is 0. The highest BCUT2D eigenvalue weighted by Gasteiger charge is 2.39. The van der Waals surface area contributed by atoms with E-state index in [1.165, 1.54) is 5.56 Å². The standard InChI is InChI=1S/C15H17NO3/c17-15(18)11-6-7-13-12(9-11)16-14(19-13)8-10-4-2-1-3-5-10/h1-5,11-13H,6-9H2,(H,17,18). The number of benzene rings is 1. The zero-order chi connectivity index (χ0) is 13.2. The van der Waals surface area contributed by atoms with E-state index in [2.05, 4.69) is 4.99 Å². The van der Waals surface area contributed by atoms with Gasteiger partial charge in [-0.25, -0.2) is 4.99 Å². The molecule has 3 atom stereocenters. The molecule has 0 saturated heterocycles. The molecular formula is C15H17NO3. The van der Waals surface area contributed by atoms with E-state index in [1.54, 1.807) is 0 Å². The summed E-state index contributed by atoms with van der Waals surface area (Å²) in [4.78, 5) is 15.6. The molecule has 3 unspecified atom stereocenters. The summed E-state index contributed by atoms with van der Waals surface area (Å²) in [5.74, 6) is -0.206. The third-order valence-electron chi connectivity index (χ3n) is 3.90. The summed E-state index contributed by atoms with van der Waals surface area (Å²) in [5.41, 5.74) is 1.18. The van der Waals surface area contributed by atoms with Gasteiger partial charge >= 0.3 is 5.97 Å². The smallest absolute Gasteiger partial charge is 0.306 e. The quantitative estimate of drug-likeness (QED) is 0.906. The minimum atomic E-state index is -0.704. The number of carboxylic acids is 1. The zero-order valence-corrected chi connectivity index (χ0v) is 10.7. The summed E-state index contributed by atoms with van der Waals surface area (Å²) < 4.78 is 5.85. The summed E-state index contributed by atoms with van der Waals surface area (Å²) in [6.45, 7) is 0. The van der Waals surface area contributed by atoms with Gasteiger partial charge in [0, 0.05) is 6.42 Å². The lowest BCUT2D eigenvalue weighted by Gasteiger charge is -2.26. The van der Waals surface area contributed by atoms with Crippen LogP contribution in [0.4, 0.5) is 0 Å². The number of rotatable bonds is 3. The Bertz CT molecular complexity index is 497. The lowest BCUT2D eigenvalue weighted by molar-refractivity contribution is -0.143. The van der Waals surface area contributed by atoms with Crippen LogP contribution in [0.2, 0.25) is 0 Å².